The van der Waals surface area contributed by atoms with Gasteiger partial charge in [0.1, 0.15) is 0 Å². The summed E-state index contributed by atoms with van der Waals surface area (Å²) in [5.74, 6) is 0.0760. The number of benzene rings is 1. The largest absolute Gasteiger partial charge is 0.371 e. The molecule has 0 spiro atoms. The molecule has 27 heavy (non-hydrogen) atoms. The van der Waals surface area contributed by atoms with Crippen LogP contribution in [0, 0.1) is 5.92 Å². The lowest BCUT2D eigenvalue weighted by molar-refractivity contribution is -0.117. The lowest BCUT2D eigenvalue weighted by Crippen LogP contribution is -2.44. The van der Waals surface area contributed by atoms with Crippen LogP contribution < -0.4 is 10.2 Å². The molecule has 2 aliphatic heterocycles. The number of carbonyl (C=O) groups excluding carboxylic acids is 2. The molecule has 8 heteroatoms. The molecule has 4 rings (SSSR count). The van der Waals surface area contributed by atoms with Gasteiger partial charge >= 0.3 is 0 Å². The van der Waals surface area contributed by atoms with Gasteiger partial charge in [-0.2, -0.15) is 0 Å². The number of amides is 2. The summed E-state index contributed by atoms with van der Waals surface area (Å²) < 4.78 is 23.3. The van der Waals surface area contributed by atoms with Crippen molar-refractivity contribution in [3.63, 3.8) is 0 Å². The third-order valence-electron chi connectivity index (χ3n) is 5.52. The molecule has 7 nitrogen and oxygen atoms in total. The molecule has 146 valence electrons. The Balaban J connectivity index is 1.58. The van der Waals surface area contributed by atoms with E-state index in [1.165, 1.54) is 0 Å². The molecule has 1 saturated carbocycles. The molecule has 2 saturated heterocycles. The van der Waals surface area contributed by atoms with Gasteiger partial charge in [0, 0.05) is 37.8 Å². The zero-order valence-electron chi connectivity index (χ0n) is 15.3. The summed E-state index contributed by atoms with van der Waals surface area (Å²) in [6, 6.07) is 5.43. The summed E-state index contributed by atoms with van der Waals surface area (Å²) in [5.41, 5.74) is 2.13. The smallest absolute Gasteiger partial charge is 0.256 e. The topological polar surface area (TPSA) is 86.8 Å². The molecule has 1 N–H and O–H groups in total. The highest BCUT2D eigenvalue weighted by molar-refractivity contribution is 7.91. The fraction of sp³-hybridized carbons (Fsp3) is 0.579. The van der Waals surface area contributed by atoms with Crippen molar-refractivity contribution < 1.29 is 18.0 Å². The molecule has 3 aliphatic rings. The van der Waals surface area contributed by atoms with Crippen molar-refractivity contribution in [2.24, 2.45) is 5.92 Å². The summed E-state index contributed by atoms with van der Waals surface area (Å²) in [6.45, 7) is 2.24. The maximum absolute atomic E-state index is 13.1. The molecule has 3 fully saturated rings. The lowest BCUT2D eigenvalue weighted by atomic mass is 10.1. The number of sulfone groups is 1. The number of nitrogens with zero attached hydrogens (tertiary/aromatic N) is 2. The van der Waals surface area contributed by atoms with Crippen molar-refractivity contribution >= 4 is 33.0 Å². The maximum atomic E-state index is 13.1. The number of nitrogens with one attached hydrogen (secondary N) is 1. The number of carbonyl (C=O) groups is 2. The van der Waals surface area contributed by atoms with Crippen LogP contribution in [0.15, 0.2) is 18.2 Å². The van der Waals surface area contributed by atoms with Gasteiger partial charge in [-0.05, 0) is 43.9 Å². The van der Waals surface area contributed by atoms with Crippen LogP contribution in [-0.4, -0.2) is 62.8 Å². The van der Waals surface area contributed by atoms with Crippen LogP contribution in [0.5, 0.6) is 0 Å². The zero-order chi connectivity index (χ0) is 19.0. The van der Waals surface area contributed by atoms with E-state index in [4.69, 9.17) is 0 Å². The van der Waals surface area contributed by atoms with Gasteiger partial charge in [0.2, 0.25) is 5.91 Å². The fourth-order valence-electron chi connectivity index (χ4n) is 3.69. The van der Waals surface area contributed by atoms with E-state index in [-0.39, 0.29) is 42.3 Å². The Labute approximate surface area is 159 Å². The van der Waals surface area contributed by atoms with E-state index >= 15 is 0 Å². The quantitative estimate of drug-likeness (QED) is 0.841. The highest BCUT2D eigenvalue weighted by atomic mass is 32.2. The first-order valence-electron chi connectivity index (χ1n) is 9.62. The van der Waals surface area contributed by atoms with Gasteiger partial charge in [0.25, 0.3) is 5.91 Å². The van der Waals surface area contributed by atoms with E-state index in [2.05, 4.69) is 10.2 Å². The van der Waals surface area contributed by atoms with Gasteiger partial charge in [0.05, 0.1) is 22.8 Å². The second-order valence-electron chi connectivity index (χ2n) is 7.63. The van der Waals surface area contributed by atoms with E-state index in [1.54, 1.807) is 17.0 Å². The van der Waals surface area contributed by atoms with Gasteiger partial charge < -0.3 is 15.1 Å². The van der Waals surface area contributed by atoms with Crippen molar-refractivity contribution in [3.05, 3.63) is 23.8 Å². The monoisotopic (exact) mass is 391 g/mol. The minimum atomic E-state index is -3.03. The Morgan fingerprint density at radius 3 is 2.30 bits per heavy atom. The van der Waals surface area contributed by atoms with Crippen LogP contribution in [0.4, 0.5) is 11.4 Å². The molecular formula is C19H25N3O4S. The molecule has 1 aromatic carbocycles. The highest BCUT2D eigenvalue weighted by Crippen LogP contribution is 2.33. The highest BCUT2D eigenvalue weighted by Gasteiger charge is 2.31. The third-order valence-corrected chi connectivity index (χ3v) is 7.13. The fourth-order valence-corrected chi connectivity index (χ4v) is 4.89. The van der Waals surface area contributed by atoms with E-state index < -0.39 is 9.84 Å². The van der Waals surface area contributed by atoms with Gasteiger partial charge in [-0.1, -0.05) is 0 Å². The molecule has 0 atom stereocenters. The number of rotatable bonds is 4. The second-order valence-corrected chi connectivity index (χ2v) is 9.94. The first-order valence-corrected chi connectivity index (χ1v) is 11.4. The molecule has 0 unspecified atom stereocenters. The number of anilines is 2. The van der Waals surface area contributed by atoms with Crippen LogP contribution in [-0.2, 0) is 14.6 Å². The summed E-state index contributed by atoms with van der Waals surface area (Å²) >= 11 is 0. The first-order chi connectivity index (χ1) is 12.9. The van der Waals surface area contributed by atoms with Crippen molar-refractivity contribution in [2.45, 2.75) is 25.7 Å². The van der Waals surface area contributed by atoms with Crippen LogP contribution in [0.2, 0.25) is 0 Å². The van der Waals surface area contributed by atoms with Crippen molar-refractivity contribution in [1.82, 2.24) is 4.90 Å². The summed E-state index contributed by atoms with van der Waals surface area (Å²) in [4.78, 5) is 28.9. The SMILES string of the molecule is O=C(Nc1ccc(C(=O)N2CCS(=O)(=O)CC2)c(N2CCCC2)c1)C1CC1. The van der Waals surface area contributed by atoms with Gasteiger partial charge in [0.15, 0.2) is 9.84 Å². The van der Waals surface area contributed by atoms with Crippen LogP contribution in [0.3, 0.4) is 0 Å². The maximum Gasteiger partial charge on any atom is 0.256 e. The van der Waals surface area contributed by atoms with Gasteiger partial charge in [-0.3, -0.25) is 9.59 Å². The predicted molar refractivity (Wildman–Crippen MR) is 104 cm³/mol. The summed E-state index contributed by atoms with van der Waals surface area (Å²) in [6.07, 6.45) is 4.04. The minimum absolute atomic E-state index is 0.0211. The van der Waals surface area contributed by atoms with E-state index in [9.17, 15) is 18.0 Å². The normalized spacial score (nSPS) is 21.9. The lowest BCUT2D eigenvalue weighted by Gasteiger charge is -2.29. The summed E-state index contributed by atoms with van der Waals surface area (Å²) in [5, 5.41) is 2.95. The first kappa shape index (κ1) is 18.3. The molecule has 0 bridgehead atoms. The zero-order valence-corrected chi connectivity index (χ0v) is 16.1. The average molecular weight is 391 g/mol. The standard InChI is InChI=1S/C19H25N3O4S/c23-18(14-3-4-14)20-15-5-6-16(17(13-15)21-7-1-2-8-21)19(24)22-9-11-27(25,26)12-10-22/h5-6,13-14H,1-4,7-12H2,(H,20,23). The van der Waals surface area contributed by atoms with Crippen LogP contribution in [0.1, 0.15) is 36.0 Å². The molecule has 2 heterocycles. The van der Waals surface area contributed by atoms with E-state index in [0.29, 0.717) is 11.3 Å². The van der Waals surface area contributed by atoms with Gasteiger partial charge in [-0.15, -0.1) is 0 Å². The van der Waals surface area contributed by atoms with E-state index in [0.717, 1.165) is 44.5 Å². The van der Waals surface area contributed by atoms with Crippen molar-refractivity contribution in [3.8, 4) is 0 Å². The molecule has 0 radical (unpaired) electrons. The predicted octanol–water partition coefficient (Wildman–Crippen LogP) is 1.51. The van der Waals surface area contributed by atoms with Crippen LogP contribution >= 0.6 is 0 Å². The molecular weight excluding hydrogens is 366 g/mol. The van der Waals surface area contributed by atoms with Crippen molar-refractivity contribution in [1.29, 1.82) is 0 Å². The van der Waals surface area contributed by atoms with E-state index in [1.807, 2.05) is 6.07 Å². The Morgan fingerprint density at radius 2 is 1.67 bits per heavy atom. The molecule has 2 amide bonds. The van der Waals surface area contributed by atoms with Gasteiger partial charge in [-0.25, -0.2) is 8.42 Å². The molecule has 0 aromatic heterocycles. The Bertz CT molecular complexity index is 844. The number of hydrogen-bond donors (Lipinski definition) is 1. The van der Waals surface area contributed by atoms with Crippen LogP contribution in [0.25, 0.3) is 0 Å². The minimum Gasteiger partial charge on any atom is -0.371 e. The molecule has 1 aromatic rings. The number of hydrogen-bond acceptors (Lipinski definition) is 5. The Kier molecular flexibility index (Phi) is 4.84. The molecule has 1 aliphatic carbocycles. The second kappa shape index (κ2) is 7.14. The van der Waals surface area contributed by atoms with Crippen molar-refractivity contribution in [2.75, 3.05) is 47.9 Å². The Morgan fingerprint density at radius 1 is 1.00 bits per heavy atom. The summed E-state index contributed by atoms with van der Waals surface area (Å²) in [7, 11) is -3.03. The third kappa shape index (κ3) is 4.10. The Hall–Kier alpha value is -2.09. The average Bonchev–Trinajstić information content (AvgIpc) is 3.36.